The van der Waals surface area contributed by atoms with Gasteiger partial charge < -0.3 is 35.6 Å². The summed E-state index contributed by atoms with van der Waals surface area (Å²) in [5.74, 6) is 0.429. The first-order valence-electron chi connectivity index (χ1n) is 16.0. The van der Waals surface area contributed by atoms with E-state index in [-0.39, 0.29) is 24.4 Å². The van der Waals surface area contributed by atoms with E-state index in [2.05, 4.69) is 26.2 Å². The van der Waals surface area contributed by atoms with E-state index in [1.54, 1.807) is 28.9 Å². The number of aliphatic imine (C=N–C) groups is 1. The summed E-state index contributed by atoms with van der Waals surface area (Å²) in [6.45, 7) is 5.30. The monoisotopic (exact) mass is 642 g/mol. The van der Waals surface area contributed by atoms with Crippen LogP contribution in [0, 0.1) is 0 Å². The quantitative estimate of drug-likeness (QED) is 0.0822. The average Bonchev–Trinajstić information content (AvgIpc) is 3.54. The molecular formula is C34H42N8O5. The number of aliphatic hydroxyl groups is 1. The van der Waals surface area contributed by atoms with Crippen LogP contribution in [0.2, 0.25) is 0 Å². The van der Waals surface area contributed by atoms with Crippen LogP contribution in [0.4, 0.5) is 17.1 Å². The van der Waals surface area contributed by atoms with Crippen molar-refractivity contribution in [2.24, 2.45) is 10.7 Å². The molecule has 6 rings (SSSR count). The van der Waals surface area contributed by atoms with Gasteiger partial charge in [-0.2, -0.15) is 5.10 Å². The minimum atomic E-state index is -0.599. The van der Waals surface area contributed by atoms with Gasteiger partial charge >= 0.3 is 0 Å². The Bertz CT molecular complexity index is 1740. The molecule has 3 aromatic heterocycles. The Morgan fingerprint density at radius 2 is 2.06 bits per heavy atom. The number of piperidine rings is 1. The lowest BCUT2D eigenvalue weighted by atomic mass is 10.0. The number of carbonyl (C=O) groups is 1. The number of hydrogen-bond acceptors (Lipinski definition) is 11. The van der Waals surface area contributed by atoms with Gasteiger partial charge in [0.1, 0.15) is 18.3 Å². The third-order valence-electron chi connectivity index (χ3n) is 9.13. The minimum Gasteiger partial charge on any atom is -0.508 e. The van der Waals surface area contributed by atoms with E-state index in [1.165, 1.54) is 0 Å². The average molecular weight is 643 g/mol. The molecule has 0 amide bonds. The van der Waals surface area contributed by atoms with E-state index in [1.807, 2.05) is 38.6 Å². The second-order valence-corrected chi connectivity index (χ2v) is 12.1. The summed E-state index contributed by atoms with van der Waals surface area (Å²) >= 11 is 0. The summed E-state index contributed by atoms with van der Waals surface area (Å²) in [7, 11) is 1.98. The lowest BCUT2D eigenvalue weighted by Gasteiger charge is -2.38. The zero-order chi connectivity index (χ0) is 32.9. The first kappa shape index (κ1) is 32.2. The number of hydrogen-bond donors (Lipinski definition) is 4. The topological polar surface area (TPSA) is 163 Å². The Morgan fingerprint density at radius 3 is 2.83 bits per heavy atom. The Balaban J connectivity index is 1.36. The fraction of sp³-hybridized carbons (Fsp3) is 0.412. The zero-order valence-corrected chi connectivity index (χ0v) is 26.7. The van der Waals surface area contributed by atoms with Gasteiger partial charge in [0.05, 0.1) is 47.4 Å². The molecule has 13 heteroatoms. The maximum absolute atomic E-state index is 10.8. The maximum atomic E-state index is 10.8. The Hall–Kier alpha value is -4.72. The molecule has 2 aliphatic heterocycles. The smallest absolute Gasteiger partial charge is 0.294 e. The summed E-state index contributed by atoms with van der Waals surface area (Å²) in [6.07, 6.45) is 9.80. The molecule has 5 N–H and O–H groups in total. The van der Waals surface area contributed by atoms with Crippen molar-refractivity contribution in [3.05, 3.63) is 66.2 Å². The molecule has 4 aromatic rings. The van der Waals surface area contributed by atoms with Crippen LogP contribution in [0.3, 0.4) is 0 Å². The number of aromatic nitrogens is 3. The van der Waals surface area contributed by atoms with Gasteiger partial charge in [-0.1, -0.05) is 6.92 Å². The molecular weight excluding hydrogens is 600 g/mol. The van der Waals surface area contributed by atoms with Gasteiger partial charge in [0.2, 0.25) is 0 Å². The third kappa shape index (κ3) is 7.02. The fourth-order valence-corrected chi connectivity index (χ4v) is 6.44. The number of phenolic OH excluding ortho intramolecular Hbond substituents is 1. The molecule has 0 radical (unpaired) electrons. The molecule has 1 aromatic carbocycles. The van der Waals surface area contributed by atoms with Gasteiger partial charge in [-0.05, 0) is 68.6 Å². The standard InChI is InChI=1S/C34H42N8O5/c1-3-22-14-25(44)4-5-28(22)39-34(35)27-17-37-42-18-23(15-31(42)33(27)38-29-19-46-13-9-32(29)45)26-16-36-10-6-30(26)41-11-7-24(8-12-41)40(2)20-47-21-43/h4-6,10,14-18,21,24,29,32,38,44-45H,3,7-9,11-13,19-20H2,1-2H3,(H2,35,39)/t29-,32-/m0/s1. The molecule has 47 heavy (non-hydrogen) atoms. The number of ether oxygens (including phenoxy) is 2. The van der Waals surface area contributed by atoms with Crippen LogP contribution in [0.5, 0.6) is 5.75 Å². The van der Waals surface area contributed by atoms with Crippen LogP contribution in [-0.4, -0.2) is 100 Å². The first-order chi connectivity index (χ1) is 22.9. The predicted molar refractivity (Wildman–Crippen MR) is 180 cm³/mol. The fourth-order valence-electron chi connectivity index (χ4n) is 6.44. The van der Waals surface area contributed by atoms with Crippen LogP contribution in [-0.2, 0) is 20.7 Å². The number of carbonyl (C=O) groups excluding carboxylic acids is 1. The number of aryl methyl sites for hydroxylation is 1. The number of nitrogens with two attached hydrogens (primary N) is 1. The normalized spacial score (nSPS) is 19.3. The van der Waals surface area contributed by atoms with E-state index in [0.29, 0.717) is 55.5 Å². The Morgan fingerprint density at radius 1 is 1.23 bits per heavy atom. The number of fused-ring (bicyclic) bond motifs is 1. The van der Waals surface area contributed by atoms with E-state index in [9.17, 15) is 15.0 Å². The van der Waals surface area contributed by atoms with Crippen LogP contribution >= 0.6 is 0 Å². The van der Waals surface area contributed by atoms with Crippen molar-refractivity contribution in [3.63, 3.8) is 0 Å². The van der Waals surface area contributed by atoms with Crippen molar-refractivity contribution in [1.29, 1.82) is 0 Å². The number of aromatic hydroxyl groups is 1. The van der Waals surface area contributed by atoms with Crippen molar-refractivity contribution < 1.29 is 24.5 Å². The number of aliphatic hydroxyl groups excluding tert-OH is 1. The second-order valence-electron chi connectivity index (χ2n) is 12.1. The highest BCUT2D eigenvalue weighted by Crippen LogP contribution is 2.36. The number of pyridine rings is 1. The van der Waals surface area contributed by atoms with Crippen molar-refractivity contribution in [3.8, 4) is 16.9 Å². The number of amidine groups is 1. The van der Waals surface area contributed by atoms with Gasteiger partial charge in [-0.15, -0.1) is 0 Å². The highest BCUT2D eigenvalue weighted by Gasteiger charge is 2.28. The molecule has 0 aliphatic carbocycles. The largest absolute Gasteiger partial charge is 0.508 e. The Labute approximate surface area is 273 Å². The highest BCUT2D eigenvalue weighted by molar-refractivity contribution is 6.06. The number of anilines is 2. The predicted octanol–water partition coefficient (Wildman–Crippen LogP) is 3.29. The zero-order valence-electron chi connectivity index (χ0n) is 26.7. The maximum Gasteiger partial charge on any atom is 0.294 e. The summed E-state index contributed by atoms with van der Waals surface area (Å²) in [5, 5.41) is 29.1. The molecule has 248 valence electrons. The van der Waals surface area contributed by atoms with Crippen molar-refractivity contribution in [2.45, 2.75) is 50.8 Å². The second kappa shape index (κ2) is 14.4. The van der Waals surface area contributed by atoms with Gasteiger partial charge in [0.25, 0.3) is 6.47 Å². The van der Waals surface area contributed by atoms with Crippen molar-refractivity contribution >= 4 is 34.9 Å². The van der Waals surface area contributed by atoms with Gasteiger partial charge in [0.15, 0.2) is 0 Å². The van der Waals surface area contributed by atoms with Gasteiger partial charge in [0, 0.05) is 61.1 Å². The molecule has 0 unspecified atom stereocenters. The summed E-state index contributed by atoms with van der Waals surface area (Å²) in [4.78, 5) is 24.3. The summed E-state index contributed by atoms with van der Waals surface area (Å²) < 4.78 is 12.5. The summed E-state index contributed by atoms with van der Waals surface area (Å²) in [5.41, 5.74) is 13.2. The Kier molecular flexibility index (Phi) is 9.85. The number of phenols is 1. The summed E-state index contributed by atoms with van der Waals surface area (Å²) in [6, 6.07) is 9.09. The minimum absolute atomic E-state index is 0.174. The van der Waals surface area contributed by atoms with Crippen LogP contribution in [0.25, 0.3) is 16.6 Å². The van der Waals surface area contributed by atoms with Crippen LogP contribution < -0.4 is 16.0 Å². The van der Waals surface area contributed by atoms with Crippen molar-refractivity contribution in [1.82, 2.24) is 19.5 Å². The molecule has 5 heterocycles. The van der Waals surface area contributed by atoms with E-state index < -0.39 is 6.10 Å². The SMILES string of the molecule is CCc1cc(O)ccc1/N=C(\N)c1cnn2cc(-c3cnccc3N3CCC(N(C)COC=O)CC3)cc2c1N[C@H]1COCC[C@@H]1O. The van der Waals surface area contributed by atoms with Gasteiger partial charge in [-0.25, -0.2) is 9.51 Å². The molecule has 0 saturated carbocycles. The van der Waals surface area contributed by atoms with Crippen LogP contribution in [0.15, 0.2) is 60.1 Å². The molecule has 2 aliphatic rings. The number of rotatable bonds is 11. The molecule has 2 saturated heterocycles. The molecule has 13 nitrogen and oxygen atoms in total. The highest BCUT2D eigenvalue weighted by atomic mass is 16.5. The molecule has 0 bridgehead atoms. The van der Waals surface area contributed by atoms with Gasteiger partial charge in [-0.3, -0.25) is 14.7 Å². The van der Waals surface area contributed by atoms with E-state index in [0.717, 1.165) is 53.8 Å². The third-order valence-corrected chi connectivity index (χ3v) is 9.13. The number of nitrogens with one attached hydrogen (secondary N) is 1. The van der Waals surface area contributed by atoms with Crippen LogP contribution in [0.1, 0.15) is 37.3 Å². The number of benzene rings is 1. The van der Waals surface area contributed by atoms with E-state index >= 15 is 0 Å². The first-order valence-corrected chi connectivity index (χ1v) is 16.0. The lowest BCUT2D eigenvalue weighted by molar-refractivity contribution is -0.133. The molecule has 2 fully saturated rings. The lowest BCUT2D eigenvalue weighted by Crippen LogP contribution is -2.44. The van der Waals surface area contributed by atoms with E-state index in [4.69, 9.17) is 25.3 Å². The molecule has 2 atom stereocenters. The molecule has 0 spiro atoms. The number of nitrogens with zero attached hydrogens (tertiary/aromatic N) is 6. The van der Waals surface area contributed by atoms with Crippen molar-refractivity contribution in [2.75, 3.05) is 50.3 Å².